The van der Waals surface area contributed by atoms with Crippen molar-refractivity contribution in [3.63, 3.8) is 0 Å². The third kappa shape index (κ3) is 1.51. The second-order valence-electron chi connectivity index (χ2n) is 3.34. The van der Waals surface area contributed by atoms with Crippen LogP contribution in [0.1, 0.15) is 0 Å². The van der Waals surface area contributed by atoms with Crippen LogP contribution < -0.4 is 5.73 Å². The molecule has 78 valence electrons. The fraction of sp³-hybridized carbons (Fsp3) is 0. The van der Waals surface area contributed by atoms with Crippen molar-refractivity contribution < 1.29 is 0 Å². The molecule has 4 nitrogen and oxygen atoms in total. The monoisotopic (exact) mass is 228 g/mol. The second-order valence-corrected chi connectivity index (χ2v) is 4.37. The molecule has 0 aliphatic heterocycles. The Kier molecular flexibility index (Phi) is 2.04. The van der Waals surface area contributed by atoms with Gasteiger partial charge in [-0.3, -0.25) is 9.97 Å². The summed E-state index contributed by atoms with van der Waals surface area (Å²) >= 11 is 1.57. The first kappa shape index (κ1) is 9.23. The predicted molar refractivity (Wildman–Crippen MR) is 65.1 cm³/mol. The molecule has 3 aromatic rings. The number of nitrogen functional groups attached to an aromatic ring is 1. The van der Waals surface area contributed by atoms with Crippen molar-refractivity contribution in [2.24, 2.45) is 0 Å². The van der Waals surface area contributed by atoms with Crippen molar-refractivity contribution in [2.75, 3.05) is 5.73 Å². The van der Waals surface area contributed by atoms with Gasteiger partial charge in [0.15, 0.2) is 0 Å². The number of rotatable bonds is 1. The number of benzene rings is 1. The Morgan fingerprint density at radius 2 is 2.12 bits per heavy atom. The lowest BCUT2D eigenvalue weighted by Crippen LogP contribution is -1.82. The van der Waals surface area contributed by atoms with Gasteiger partial charge in [0.05, 0.1) is 16.4 Å². The van der Waals surface area contributed by atoms with E-state index in [1.807, 2.05) is 18.2 Å². The number of hydrogen-bond acceptors (Lipinski definition) is 5. The maximum atomic E-state index is 5.72. The van der Waals surface area contributed by atoms with E-state index < -0.39 is 0 Å². The molecule has 0 unspecified atom stereocenters. The molecule has 3 rings (SSSR count). The number of hydrogen-bond donors (Lipinski definition) is 1. The van der Waals surface area contributed by atoms with E-state index in [1.54, 1.807) is 29.9 Å². The van der Waals surface area contributed by atoms with E-state index in [2.05, 4.69) is 15.0 Å². The minimum atomic E-state index is 0.752. The third-order valence-electron chi connectivity index (χ3n) is 2.19. The molecule has 0 radical (unpaired) electrons. The van der Waals surface area contributed by atoms with Crippen LogP contribution in [0.5, 0.6) is 0 Å². The van der Waals surface area contributed by atoms with Crippen LogP contribution >= 0.6 is 11.3 Å². The van der Waals surface area contributed by atoms with Gasteiger partial charge in [-0.05, 0) is 18.2 Å². The van der Waals surface area contributed by atoms with Crippen LogP contribution in [0.4, 0.5) is 5.69 Å². The highest BCUT2D eigenvalue weighted by molar-refractivity contribution is 7.21. The summed E-state index contributed by atoms with van der Waals surface area (Å²) in [5, 5.41) is 0.869. The average molecular weight is 228 g/mol. The molecule has 0 aliphatic rings. The van der Waals surface area contributed by atoms with Gasteiger partial charge < -0.3 is 5.73 Å². The molecule has 2 heterocycles. The second kappa shape index (κ2) is 3.53. The number of fused-ring (bicyclic) bond motifs is 1. The minimum Gasteiger partial charge on any atom is -0.399 e. The summed E-state index contributed by atoms with van der Waals surface area (Å²) < 4.78 is 1.07. The zero-order chi connectivity index (χ0) is 11.0. The zero-order valence-electron chi connectivity index (χ0n) is 8.29. The van der Waals surface area contributed by atoms with Gasteiger partial charge in [-0.25, -0.2) is 4.98 Å². The van der Waals surface area contributed by atoms with E-state index in [0.29, 0.717) is 0 Å². The largest absolute Gasteiger partial charge is 0.399 e. The molecule has 0 fully saturated rings. The van der Waals surface area contributed by atoms with Crippen molar-refractivity contribution in [3.05, 3.63) is 36.8 Å². The lowest BCUT2D eigenvalue weighted by molar-refractivity contribution is 1.20. The van der Waals surface area contributed by atoms with Gasteiger partial charge in [-0.1, -0.05) is 0 Å². The molecule has 0 bridgehead atoms. The van der Waals surface area contributed by atoms with Gasteiger partial charge in [0.2, 0.25) is 0 Å². The van der Waals surface area contributed by atoms with Gasteiger partial charge in [-0.15, -0.1) is 11.3 Å². The third-order valence-corrected chi connectivity index (χ3v) is 3.24. The van der Waals surface area contributed by atoms with Crippen LogP contribution in [-0.2, 0) is 0 Å². The standard InChI is InChI=1S/C11H8N4S/c12-7-1-2-8-10(5-7)16-11(15-8)9-6-13-3-4-14-9/h1-6H,12H2. The normalized spacial score (nSPS) is 10.8. The molecule has 2 aromatic heterocycles. The van der Waals surface area contributed by atoms with Gasteiger partial charge in [0.1, 0.15) is 10.7 Å². The molecule has 1 aromatic carbocycles. The van der Waals surface area contributed by atoms with E-state index in [4.69, 9.17) is 5.73 Å². The molecule has 0 saturated carbocycles. The summed E-state index contributed by atoms with van der Waals surface area (Å²) in [6, 6.07) is 5.69. The molecule has 2 N–H and O–H groups in total. The lowest BCUT2D eigenvalue weighted by Gasteiger charge is -1.90. The van der Waals surface area contributed by atoms with E-state index in [0.717, 1.165) is 26.6 Å². The lowest BCUT2D eigenvalue weighted by atomic mass is 10.3. The fourth-order valence-corrected chi connectivity index (χ4v) is 2.44. The zero-order valence-corrected chi connectivity index (χ0v) is 9.11. The first-order valence-electron chi connectivity index (χ1n) is 4.75. The Labute approximate surface area is 95.8 Å². The summed E-state index contributed by atoms with van der Waals surface area (Å²) in [7, 11) is 0. The average Bonchev–Trinajstić information content (AvgIpc) is 2.73. The van der Waals surface area contributed by atoms with Crippen LogP contribution in [0.2, 0.25) is 0 Å². The van der Waals surface area contributed by atoms with Crippen molar-refractivity contribution >= 4 is 27.2 Å². The topological polar surface area (TPSA) is 64.7 Å². The Balaban J connectivity index is 2.19. The maximum absolute atomic E-state index is 5.72. The molecule has 0 spiro atoms. The van der Waals surface area contributed by atoms with Gasteiger partial charge in [0.25, 0.3) is 0 Å². The first-order valence-corrected chi connectivity index (χ1v) is 5.57. The maximum Gasteiger partial charge on any atom is 0.144 e. The molecular formula is C11H8N4S. The Morgan fingerprint density at radius 3 is 2.94 bits per heavy atom. The van der Waals surface area contributed by atoms with Crippen molar-refractivity contribution in [2.45, 2.75) is 0 Å². The summed E-state index contributed by atoms with van der Waals surface area (Å²) in [6.07, 6.45) is 5.02. The Morgan fingerprint density at radius 1 is 1.19 bits per heavy atom. The molecule has 0 aliphatic carbocycles. The smallest absolute Gasteiger partial charge is 0.144 e. The Hall–Kier alpha value is -2.01. The van der Waals surface area contributed by atoms with E-state index >= 15 is 0 Å². The highest BCUT2D eigenvalue weighted by Gasteiger charge is 2.07. The molecule has 5 heteroatoms. The number of thiazole rings is 1. The van der Waals surface area contributed by atoms with Crippen LogP contribution in [0.3, 0.4) is 0 Å². The van der Waals surface area contributed by atoms with E-state index in [-0.39, 0.29) is 0 Å². The summed E-state index contributed by atoms with van der Waals surface area (Å²) in [5.74, 6) is 0. The highest BCUT2D eigenvalue weighted by atomic mass is 32.1. The van der Waals surface area contributed by atoms with Gasteiger partial charge in [-0.2, -0.15) is 0 Å². The number of aromatic nitrogens is 3. The van der Waals surface area contributed by atoms with Crippen molar-refractivity contribution in [3.8, 4) is 10.7 Å². The number of nitrogens with two attached hydrogens (primary N) is 1. The first-order chi connectivity index (χ1) is 7.83. The SMILES string of the molecule is Nc1ccc2nc(-c3cnccn3)sc2c1. The summed E-state index contributed by atoms with van der Waals surface area (Å²) in [5.41, 5.74) is 8.21. The molecule has 0 amide bonds. The van der Waals surface area contributed by atoms with Gasteiger partial charge in [0, 0.05) is 18.1 Å². The predicted octanol–water partition coefficient (Wildman–Crippen LogP) is 2.34. The van der Waals surface area contributed by atoms with E-state index in [1.165, 1.54) is 0 Å². The van der Waals surface area contributed by atoms with Gasteiger partial charge >= 0.3 is 0 Å². The van der Waals surface area contributed by atoms with Crippen LogP contribution in [-0.4, -0.2) is 15.0 Å². The number of nitrogens with zero attached hydrogens (tertiary/aromatic N) is 3. The van der Waals surface area contributed by atoms with Crippen molar-refractivity contribution in [1.29, 1.82) is 0 Å². The summed E-state index contributed by atoms with van der Waals surface area (Å²) in [4.78, 5) is 12.7. The van der Waals surface area contributed by atoms with Crippen LogP contribution in [0, 0.1) is 0 Å². The molecule has 0 saturated heterocycles. The van der Waals surface area contributed by atoms with Crippen molar-refractivity contribution in [1.82, 2.24) is 15.0 Å². The molecular weight excluding hydrogens is 220 g/mol. The van der Waals surface area contributed by atoms with Crippen LogP contribution in [0.15, 0.2) is 36.8 Å². The quantitative estimate of drug-likeness (QED) is 0.649. The molecule has 0 atom stereocenters. The molecule has 16 heavy (non-hydrogen) atoms. The number of anilines is 1. The van der Waals surface area contributed by atoms with Crippen LogP contribution in [0.25, 0.3) is 20.9 Å². The summed E-state index contributed by atoms with van der Waals surface area (Å²) in [6.45, 7) is 0. The Bertz CT molecular complexity index is 633. The minimum absolute atomic E-state index is 0.752. The fourth-order valence-electron chi connectivity index (χ4n) is 1.46. The highest BCUT2D eigenvalue weighted by Crippen LogP contribution is 2.29. The van der Waals surface area contributed by atoms with E-state index in [9.17, 15) is 0 Å².